The first-order chi connectivity index (χ1) is 13.3. The Morgan fingerprint density at radius 2 is 1.45 bits per heavy atom. The fraction of sp³-hybridized carbons (Fsp3) is 0.842. The number of carbonyl (C=O) groups excluding carboxylic acids is 3. The summed E-state index contributed by atoms with van der Waals surface area (Å²) in [5.74, 6) is -0.390. The van der Waals surface area contributed by atoms with Crippen LogP contribution in [0.2, 0.25) is 0 Å². The summed E-state index contributed by atoms with van der Waals surface area (Å²) in [5, 5.41) is 17.2. The minimum Gasteiger partial charge on any atom is -0.444 e. The molecule has 0 aromatic heterocycles. The van der Waals surface area contributed by atoms with Crippen molar-refractivity contribution >= 4 is 18.1 Å². The topological polar surface area (TPSA) is 152 Å². The van der Waals surface area contributed by atoms with E-state index in [1.165, 1.54) is 0 Å². The monoisotopic (exact) mass is 418 g/mol. The number of amides is 3. The molecule has 29 heavy (non-hydrogen) atoms. The van der Waals surface area contributed by atoms with Crippen molar-refractivity contribution in [1.82, 2.24) is 16.0 Å². The molecule has 0 fully saturated rings. The third kappa shape index (κ3) is 14.6. The molecule has 0 unspecified atom stereocenters. The van der Waals surface area contributed by atoms with Crippen molar-refractivity contribution in [2.24, 2.45) is 5.73 Å². The number of nitrogens with one attached hydrogen (secondary N) is 3. The highest BCUT2D eigenvalue weighted by Gasteiger charge is 2.24. The van der Waals surface area contributed by atoms with E-state index in [1.807, 2.05) is 0 Å². The lowest BCUT2D eigenvalue weighted by molar-refractivity contribution is -0.123. The molecule has 2 atom stereocenters. The minimum atomic E-state index is -0.792. The third-order valence-corrected chi connectivity index (χ3v) is 3.44. The minimum absolute atomic E-state index is 0.189. The Kier molecular flexibility index (Phi) is 11.6. The van der Waals surface area contributed by atoms with Gasteiger partial charge >= 0.3 is 12.2 Å². The Morgan fingerprint density at radius 1 is 0.931 bits per heavy atom. The van der Waals surface area contributed by atoms with Gasteiger partial charge in [-0.15, -0.1) is 0 Å². The number of rotatable bonds is 10. The molecule has 0 saturated carbocycles. The van der Waals surface area contributed by atoms with Crippen LogP contribution in [0.3, 0.4) is 0 Å². The maximum Gasteiger partial charge on any atom is 0.408 e. The van der Waals surface area contributed by atoms with Crippen LogP contribution in [0, 0.1) is 0 Å². The van der Waals surface area contributed by atoms with Gasteiger partial charge in [-0.25, -0.2) is 9.59 Å². The quantitative estimate of drug-likeness (QED) is 0.355. The molecule has 0 radical (unpaired) electrons. The normalized spacial score (nSPS) is 13.8. The van der Waals surface area contributed by atoms with Crippen LogP contribution in [-0.2, 0) is 14.3 Å². The highest BCUT2D eigenvalue weighted by molar-refractivity contribution is 5.85. The van der Waals surface area contributed by atoms with Crippen molar-refractivity contribution in [3.8, 4) is 0 Å². The molecule has 10 nitrogen and oxygen atoms in total. The van der Waals surface area contributed by atoms with Gasteiger partial charge in [-0.3, -0.25) is 4.79 Å². The van der Waals surface area contributed by atoms with Gasteiger partial charge < -0.3 is 36.3 Å². The number of nitrogens with two attached hydrogens (primary N) is 1. The summed E-state index contributed by atoms with van der Waals surface area (Å²) in [6.07, 6.45) is -0.128. The second kappa shape index (κ2) is 12.5. The molecule has 10 heteroatoms. The van der Waals surface area contributed by atoms with Crippen molar-refractivity contribution in [2.45, 2.75) is 84.1 Å². The zero-order valence-electron chi connectivity index (χ0n) is 18.5. The molecule has 0 bridgehead atoms. The van der Waals surface area contributed by atoms with Crippen LogP contribution in [0.4, 0.5) is 9.59 Å². The van der Waals surface area contributed by atoms with Crippen LogP contribution in [0.1, 0.15) is 60.8 Å². The number of hydrogen-bond donors (Lipinski definition) is 5. The van der Waals surface area contributed by atoms with Crippen LogP contribution in [-0.4, -0.2) is 66.2 Å². The van der Waals surface area contributed by atoms with Gasteiger partial charge in [-0.1, -0.05) is 0 Å². The van der Waals surface area contributed by atoms with E-state index in [-0.39, 0.29) is 19.6 Å². The van der Waals surface area contributed by atoms with E-state index in [0.717, 1.165) is 0 Å². The van der Waals surface area contributed by atoms with E-state index in [0.29, 0.717) is 19.4 Å². The van der Waals surface area contributed by atoms with E-state index >= 15 is 0 Å². The largest absolute Gasteiger partial charge is 0.444 e. The summed E-state index contributed by atoms with van der Waals surface area (Å²) >= 11 is 0. The molecule has 0 aliphatic rings. The number of ether oxygens (including phenoxy) is 2. The van der Waals surface area contributed by atoms with Gasteiger partial charge in [-0.2, -0.15) is 0 Å². The van der Waals surface area contributed by atoms with Crippen molar-refractivity contribution in [3.63, 3.8) is 0 Å². The number of hydrogen-bond acceptors (Lipinski definition) is 7. The van der Waals surface area contributed by atoms with Gasteiger partial charge in [-0.05, 0) is 67.3 Å². The van der Waals surface area contributed by atoms with Crippen molar-refractivity contribution in [2.75, 3.05) is 19.7 Å². The third-order valence-electron chi connectivity index (χ3n) is 3.44. The predicted octanol–water partition coefficient (Wildman–Crippen LogP) is 1.01. The Hall–Kier alpha value is -2.07. The average molecular weight is 419 g/mol. The zero-order valence-corrected chi connectivity index (χ0v) is 18.5. The molecule has 0 heterocycles. The highest BCUT2D eigenvalue weighted by Crippen LogP contribution is 2.08. The molecule has 0 aromatic rings. The van der Waals surface area contributed by atoms with Crippen molar-refractivity contribution < 1.29 is 29.0 Å². The number of aliphatic hydroxyl groups excluding tert-OH is 1. The average Bonchev–Trinajstić information content (AvgIpc) is 2.54. The van der Waals surface area contributed by atoms with E-state index in [9.17, 15) is 19.5 Å². The summed E-state index contributed by atoms with van der Waals surface area (Å²) in [6, 6.07) is -1.37. The summed E-state index contributed by atoms with van der Waals surface area (Å²) in [6.45, 7) is 10.7. The van der Waals surface area contributed by atoms with E-state index in [2.05, 4.69) is 16.0 Å². The predicted molar refractivity (Wildman–Crippen MR) is 109 cm³/mol. The molecule has 0 aliphatic carbocycles. The van der Waals surface area contributed by atoms with Crippen LogP contribution in [0.5, 0.6) is 0 Å². The molecule has 170 valence electrons. The number of carbonyl (C=O) groups is 3. The van der Waals surface area contributed by atoms with Crippen molar-refractivity contribution in [1.29, 1.82) is 0 Å². The molecular weight excluding hydrogens is 380 g/mol. The molecule has 0 rings (SSSR count). The summed E-state index contributed by atoms with van der Waals surface area (Å²) in [4.78, 5) is 36.2. The Balaban J connectivity index is 4.60. The van der Waals surface area contributed by atoms with E-state index in [1.54, 1.807) is 41.5 Å². The lowest BCUT2D eigenvalue weighted by atomic mass is 10.1. The fourth-order valence-electron chi connectivity index (χ4n) is 2.22. The van der Waals surface area contributed by atoms with Gasteiger partial charge in [0.05, 0.1) is 12.6 Å². The summed E-state index contributed by atoms with van der Waals surface area (Å²) < 4.78 is 10.3. The van der Waals surface area contributed by atoms with Crippen molar-refractivity contribution in [3.05, 3.63) is 0 Å². The van der Waals surface area contributed by atoms with Gasteiger partial charge in [0.2, 0.25) is 5.91 Å². The first-order valence-electron chi connectivity index (χ1n) is 9.85. The second-order valence-corrected chi connectivity index (χ2v) is 8.74. The molecule has 0 spiro atoms. The standard InChI is InChI=1S/C19H38N4O6/c1-18(2,3)28-16(26)22-13(12-24)9-11-21-15(25)14(8-7-10-20)23-17(27)29-19(4,5)6/h13-14,24H,7-12,20H2,1-6H3,(H,21,25)(H,22,26)(H,23,27)/t13-,14-/m0/s1. The van der Waals surface area contributed by atoms with Crippen LogP contribution < -0.4 is 21.7 Å². The van der Waals surface area contributed by atoms with Crippen LogP contribution in [0.15, 0.2) is 0 Å². The Labute approximate surface area is 173 Å². The van der Waals surface area contributed by atoms with E-state index < -0.39 is 41.4 Å². The molecule has 0 aliphatic heterocycles. The first kappa shape index (κ1) is 26.9. The summed E-state index contributed by atoms with van der Waals surface area (Å²) in [7, 11) is 0. The Bertz CT molecular complexity index is 528. The highest BCUT2D eigenvalue weighted by atomic mass is 16.6. The molecule has 0 saturated heterocycles. The van der Waals surface area contributed by atoms with Gasteiger partial charge in [0.15, 0.2) is 0 Å². The second-order valence-electron chi connectivity index (χ2n) is 8.74. The lowest BCUT2D eigenvalue weighted by Crippen LogP contribution is -2.49. The van der Waals surface area contributed by atoms with Crippen LogP contribution >= 0.6 is 0 Å². The smallest absolute Gasteiger partial charge is 0.408 e. The van der Waals surface area contributed by atoms with Gasteiger partial charge in [0.1, 0.15) is 17.2 Å². The lowest BCUT2D eigenvalue weighted by Gasteiger charge is -2.24. The molecule has 3 amide bonds. The first-order valence-corrected chi connectivity index (χ1v) is 9.85. The molecule has 0 aromatic carbocycles. The number of alkyl carbamates (subject to hydrolysis) is 2. The summed E-state index contributed by atoms with van der Waals surface area (Å²) in [5.41, 5.74) is 4.17. The molecular formula is C19H38N4O6. The SMILES string of the molecule is CC(C)(C)OC(=O)N[C@H](CO)CCNC(=O)[C@H](CCCN)NC(=O)OC(C)(C)C. The maximum absolute atomic E-state index is 12.4. The van der Waals surface area contributed by atoms with Gasteiger partial charge in [0, 0.05) is 6.54 Å². The van der Waals surface area contributed by atoms with Gasteiger partial charge in [0.25, 0.3) is 0 Å². The Morgan fingerprint density at radius 3 is 1.90 bits per heavy atom. The number of aliphatic hydroxyl groups is 1. The van der Waals surface area contributed by atoms with Crippen LogP contribution in [0.25, 0.3) is 0 Å². The fourth-order valence-corrected chi connectivity index (χ4v) is 2.22. The molecule has 6 N–H and O–H groups in total. The zero-order chi connectivity index (χ0) is 22.7. The van der Waals surface area contributed by atoms with E-state index in [4.69, 9.17) is 15.2 Å². The maximum atomic E-state index is 12.4.